The van der Waals surface area contributed by atoms with Gasteiger partial charge >= 0.3 is 0 Å². The summed E-state index contributed by atoms with van der Waals surface area (Å²) in [4.78, 5) is 20.5. The fourth-order valence-electron chi connectivity index (χ4n) is 0.731. The molecular formula is C9H10N4O. The van der Waals surface area contributed by atoms with Crippen molar-refractivity contribution < 1.29 is 4.79 Å². The van der Waals surface area contributed by atoms with Crippen molar-refractivity contribution in [2.75, 3.05) is 0 Å². The number of aromatic amines is 1. The maximum absolute atomic E-state index is 10.4. The molecule has 1 amide bonds. The Morgan fingerprint density at radius 3 is 2.21 bits per heavy atom. The molecule has 2 aromatic heterocycles. The minimum atomic E-state index is -0.419. The Hall–Kier alpha value is -2.17. The highest BCUT2D eigenvalue weighted by Crippen LogP contribution is 1.91. The van der Waals surface area contributed by atoms with Crippen LogP contribution in [0.25, 0.3) is 0 Å². The van der Waals surface area contributed by atoms with Crippen molar-refractivity contribution in [2.45, 2.75) is 0 Å². The summed E-state index contributed by atoms with van der Waals surface area (Å²) < 4.78 is 0. The number of aromatic nitrogens is 3. The first-order chi connectivity index (χ1) is 6.80. The topological polar surface area (TPSA) is 84.7 Å². The van der Waals surface area contributed by atoms with Crippen LogP contribution in [0.2, 0.25) is 0 Å². The van der Waals surface area contributed by atoms with Gasteiger partial charge in [0, 0.05) is 30.4 Å². The van der Waals surface area contributed by atoms with E-state index in [0.717, 1.165) is 0 Å². The van der Waals surface area contributed by atoms with Gasteiger partial charge in [-0.1, -0.05) is 0 Å². The Bertz CT molecular complexity index is 340. The number of carbonyl (C=O) groups excluding carboxylic acids is 1. The quantitative estimate of drug-likeness (QED) is 0.690. The fourth-order valence-corrected chi connectivity index (χ4v) is 0.731. The van der Waals surface area contributed by atoms with E-state index in [9.17, 15) is 4.79 Å². The van der Waals surface area contributed by atoms with Crippen molar-refractivity contribution in [1.82, 2.24) is 15.0 Å². The maximum Gasteiger partial charge on any atom is 0.248 e. The third kappa shape index (κ3) is 3.48. The highest BCUT2D eigenvalue weighted by Gasteiger charge is 1.94. The van der Waals surface area contributed by atoms with Crippen molar-refractivity contribution in [2.24, 2.45) is 5.73 Å². The lowest BCUT2D eigenvalue weighted by molar-refractivity contribution is 0.1000. The molecule has 2 heterocycles. The van der Waals surface area contributed by atoms with Gasteiger partial charge in [0.1, 0.15) is 0 Å². The lowest BCUT2D eigenvalue weighted by Gasteiger charge is -1.88. The van der Waals surface area contributed by atoms with Crippen molar-refractivity contribution >= 4 is 5.91 Å². The summed E-state index contributed by atoms with van der Waals surface area (Å²) in [5.74, 6) is -0.419. The van der Waals surface area contributed by atoms with Crippen LogP contribution in [0.3, 0.4) is 0 Å². The zero-order valence-electron chi connectivity index (χ0n) is 7.42. The lowest BCUT2D eigenvalue weighted by Crippen LogP contribution is -2.10. The van der Waals surface area contributed by atoms with Crippen LogP contribution in [0.5, 0.6) is 0 Å². The smallest absolute Gasteiger partial charge is 0.248 e. The van der Waals surface area contributed by atoms with Crippen LogP contribution < -0.4 is 5.73 Å². The van der Waals surface area contributed by atoms with Crippen LogP contribution in [-0.2, 0) is 0 Å². The van der Waals surface area contributed by atoms with Crippen molar-refractivity contribution in [3.8, 4) is 0 Å². The highest BCUT2D eigenvalue weighted by molar-refractivity contribution is 5.92. The van der Waals surface area contributed by atoms with Gasteiger partial charge in [-0.3, -0.25) is 9.78 Å². The Kier molecular flexibility index (Phi) is 3.87. The standard InChI is InChI=1S/C6H6N2O.C3H4N2/c7-6(9)5-1-3-8-4-2-5;1-2-5-3-4-1/h1-4H,(H2,7,9);1-3H,(H,4,5). The predicted octanol–water partition coefficient (Wildman–Crippen LogP) is 0.590. The van der Waals surface area contributed by atoms with E-state index in [2.05, 4.69) is 15.0 Å². The average molecular weight is 190 g/mol. The minimum absolute atomic E-state index is 0.419. The zero-order chi connectivity index (χ0) is 10.2. The predicted molar refractivity (Wildman–Crippen MR) is 51.3 cm³/mol. The van der Waals surface area contributed by atoms with Gasteiger partial charge in [-0.25, -0.2) is 4.98 Å². The van der Waals surface area contributed by atoms with Crippen molar-refractivity contribution in [3.05, 3.63) is 48.8 Å². The van der Waals surface area contributed by atoms with Crippen LogP contribution in [-0.4, -0.2) is 20.9 Å². The number of nitrogens with zero attached hydrogens (tertiary/aromatic N) is 2. The summed E-state index contributed by atoms with van der Waals surface area (Å²) in [6, 6.07) is 3.14. The molecule has 0 saturated carbocycles. The number of rotatable bonds is 1. The number of nitrogens with two attached hydrogens (primary N) is 1. The van der Waals surface area contributed by atoms with E-state index in [4.69, 9.17) is 5.73 Å². The normalized spacial score (nSPS) is 8.57. The van der Waals surface area contributed by atoms with Crippen LogP contribution in [0, 0.1) is 0 Å². The summed E-state index contributed by atoms with van der Waals surface area (Å²) in [5, 5.41) is 0. The third-order valence-electron chi connectivity index (χ3n) is 1.37. The first kappa shape index (κ1) is 9.91. The molecule has 0 aliphatic rings. The molecule has 72 valence electrons. The molecule has 0 fully saturated rings. The largest absolute Gasteiger partial charge is 0.366 e. The Morgan fingerprint density at radius 1 is 1.21 bits per heavy atom. The fraction of sp³-hybridized carbons (Fsp3) is 0. The molecule has 0 radical (unpaired) electrons. The van der Waals surface area contributed by atoms with E-state index in [0.29, 0.717) is 5.56 Å². The average Bonchev–Trinajstić information content (AvgIpc) is 2.77. The highest BCUT2D eigenvalue weighted by atomic mass is 16.1. The Morgan fingerprint density at radius 2 is 1.93 bits per heavy atom. The summed E-state index contributed by atoms with van der Waals surface area (Å²) >= 11 is 0. The summed E-state index contributed by atoms with van der Waals surface area (Å²) in [7, 11) is 0. The molecule has 0 bridgehead atoms. The number of imidazole rings is 1. The van der Waals surface area contributed by atoms with E-state index in [1.165, 1.54) is 12.4 Å². The molecule has 0 saturated heterocycles. The van der Waals surface area contributed by atoms with Crippen LogP contribution in [0.1, 0.15) is 10.4 Å². The van der Waals surface area contributed by atoms with Crippen LogP contribution >= 0.6 is 0 Å². The number of pyridine rings is 1. The molecule has 0 aliphatic carbocycles. The van der Waals surface area contributed by atoms with E-state index in [1.807, 2.05) is 0 Å². The van der Waals surface area contributed by atoms with Gasteiger partial charge in [0.25, 0.3) is 0 Å². The van der Waals surface area contributed by atoms with Gasteiger partial charge in [0.15, 0.2) is 0 Å². The Balaban J connectivity index is 0.000000165. The number of amides is 1. The van der Waals surface area contributed by atoms with Crippen LogP contribution in [0.15, 0.2) is 43.2 Å². The summed E-state index contributed by atoms with van der Waals surface area (Å²) in [6.07, 6.45) is 8.14. The summed E-state index contributed by atoms with van der Waals surface area (Å²) in [6.45, 7) is 0. The van der Waals surface area contributed by atoms with E-state index in [-0.39, 0.29) is 0 Å². The van der Waals surface area contributed by atoms with Gasteiger partial charge < -0.3 is 10.7 Å². The Labute approximate surface area is 81.0 Å². The van der Waals surface area contributed by atoms with Gasteiger partial charge in [0.2, 0.25) is 5.91 Å². The van der Waals surface area contributed by atoms with E-state index < -0.39 is 5.91 Å². The third-order valence-corrected chi connectivity index (χ3v) is 1.37. The number of hydrogen-bond donors (Lipinski definition) is 2. The van der Waals surface area contributed by atoms with Crippen molar-refractivity contribution in [1.29, 1.82) is 0 Å². The molecule has 0 aromatic carbocycles. The molecule has 0 atom stereocenters. The molecule has 0 spiro atoms. The minimum Gasteiger partial charge on any atom is -0.366 e. The number of H-pyrrole nitrogens is 1. The van der Waals surface area contributed by atoms with E-state index >= 15 is 0 Å². The molecule has 14 heavy (non-hydrogen) atoms. The molecule has 5 heteroatoms. The molecule has 2 aromatic rings. The van der Waals surface area contributed by atoms with Gasteiger partial charge in [-0.2, -0.15) is 0 Å². The van der Waals surface area contributed by atoms with Gasteiger partial charge in [-0.05, 0) is 12.1 Å². The first-order valence-electron chi connectivity index (χ1n) is 3.93. The number of carbonyl (C=O) groups is 1. The van der Waals surface area contributed by atoms with Gasteiger partial charge in [0.05, 0.1) is 6.33 Å². The molecule has 3 N–H and O–H groups in total. The molecular weight excluding hydrogens is 180 g/mol. The molecule has 5 nitrogen and oxygen atoms in total. The second kappa shape index (κ2) is 5.47. The molecule has 0 unspecified atom stereocenters. The van der Waals surface area contributed by atoms with Crippen LogP contribution in [0.4, 0.5) is 0 Å². The first-order valence-corrected chi connectivity index (χ1v) is 3.93. The van der Waals surface area contributed by atoms with Gasteiger partial charge in [-0.15, -0.1) is 0 Å². The lowest BCUT2D eigenvalue weighted by atomic mass is 10.3. The molecule has 2 rings (SSSR count). The molecule has 0 aliphatic heterocycles. The number of primary amides is 1. The monoisotopic (exact) mass is 190 g/mol. The maximum atomic E-state index is 10.4. The second-order valence-electron chi connectivity index (χ2n) is 2.36. The van der Waals surface area contributed by atoms with E-state index in [1.54, 1.807) is 30.9 Å². The zero-order valence-corrected chi connectivity index (χ0v) is 7.42. The van der Waals surface area contributed by atoms with Crippen molar-refractivity contribution in [3.63, 3.8) is 0 Å². The number of hydrogen-bond acceptors (Lipinski definition) is 3. The number of nitrogens with one attached hydrogen (secondary N) is 1. The second-order valence-corrected chi connectivity index (χ2v) is 2.36. The SMILES string of the molecule is NC(=O)c1ccncc1.c1c[nH]cn1. The summed E-state index contributed by atoms with van der Waals surface area (Å²) in [5.41, 5.74) is 5.44.